The van der Waals surface area contributed by atoms with Gasteiger partial charge in [0.05, 0.1) is 12.1 Å². The summed E-state index contributed by atoms with van der Waals surface area (Å²) in [7, 11) is 3.44. The molecule has 0 bridgehead atoms. The molecule has 0 saturated carbocycles. The minimum absolute atomic E-state index is 0.210. The Kier molecular flexibility index (Phi) is 4.79. The molecule has 3 N–H and O–H groups in total. The van der Waals surface area contributed by atoms with Crippen LogP contribution in [0.5, 0.6) is 0 Å². The summed E-state index contributed by atoms with van der Waals surface area (Å²) in [4.78, 5) is 22.4. The SMILES string of the molecule is CN(C)N=Nc1ccccc1C(=O)NCC(N)=O. The van der Waals surface area contributed by atoms with Gasteiger partial charge in [-0.3, -0.25) is 14.6 Å². The lowest BCUT2D eigenvalue weighted by Gasteiger charge is -2.06. The highest BCUT2D eigenvalue weighted by atomic mass is 16.2. The normalized spacial score (nSPS) is 10.3. The fraction of sp³-hybridized carbons (Fsp3) is 0.273. The third-order valence-corrected chi connectivity index (χ3v) is 1.90. The first kappa shape index (κ1) is 13.6. The lowest BCUT2D eigenvalue weighted by atomic mass is 10.1. The number of hydrogen-bond donors (Lipinski definition) is 2. The number of carbonyl (C=O) groups excluding carboxylic acids is 2. The first-order valence-corrected chi connectivity index (χ1v) is 5.25. The molecule has 2 amide bonds. The summed E-state index contributed by atoms with van der Waals surface area (Å²) in [5.41, 5.74) is 5.71. The number of primary amides is 1. The third-order valence-electron chi connectivity index (χ3n) is 1.90. The van der Waals surface area contributed by atoms with E-state index >= 15 is 0 Å². The van der Waals surface area contributed by atoms with Crippen molar-refractivity contribution in [2.45, 2.75) is 0 Å². The maximum Gasteiger partial charge on any atom is 0.253 e. The van der Waals surface area contributed by atoms with Gasteiger partial charge < -0.3 is 11.1 Å². The maximum atomic E-state index is 11.8. The van der Waals surface area contributed by atoms with Gasteiger partial charge in [0, 0.05) is 14.1 Å². The second-order valence-electron chi connectivity index (χ2n) is 3.70. The van der Waals surface area contributed by atoms with E-state index in [9.17, 15) is 9.59 Å². The molecule has 0 atom stereocenters. The minimum Gasteiger partial charge on any atom is -0.368 e. The van der Waals surface area contributed by atoms with Crippen LogP contribution in [0, 0.1) is 0 Å². The van der Waals surface area contributed by atoms with E-state index in [0.29, 0.717) is 11.3 Å². The minimum atomic E-state index is -0.601. The van der Waals surface area contributed by atoms with Crippen molar-refractivity contribution < 1.29 is 9.59 Å². The van der Waals surface area contributed by atoms with Gasteiger partial charge in [-0.15, -0.1) is 5.11 Å². The summed E-state index contributed by atoms with van der Waals surface area (Å²) in [6.45, 7) is -0.210. The molecule has 0 aliphatic carbocycles. The Morgan fingerprint density at radius 1 is 1.33 bits per heavy atom. The highest BCUT2D eigenvalue weighted by Gasteiger charge is 2.10. The monoisotopic (exact) mass is 249 g/mol. The molecule has 7 heteroatoms. The van der Waals surface area contributed by atoms with Crippen LogP contribution in [0.1, 0.15) is 10.4 Å². The standard InChI is InChI=1S/C11H15N5O2/c1-16(2)15-14-9-6-4-3-5-8(9)11(18)13-7-10(12)17/h3-6H,7H2,1-2H3,(H2,12,17)(H,13,18). The number of benzene rings is 1. The van der Waals surface area contributed by atoms with Crippen molar-refractivity contribution in [1.82, 2.24) is 10.3 Å². The van der Waals surface area contributed by atoms with E-state index < -0.39 is 11.8 Å². The van der Waals surface area contributed by atoms with Gasteiger partial charge in [-0.1, -0.05) is 17.4 Å². The number of rotatable bonds is 5. The summed E-state index contributed by atoms with van der Waals surface area (Å²) < 4.78 is 0. The Bertz CT molecular complexity index is 470. The number of carbonyl (C=O) groups is 2. The molecular weight excluding hydrogens is 234 g/mol. The number of nitrogens with one attached hydrogen (secondary N) is 1. The van der Waals surface area contributed by atoms with Crippen molar-refractivity contribution in [3.8, 4) is 0 Å². The molecule has 96 valence electrons. The molecule has 18 heavy (non-hydrogen) atoms. The zero-order valence-corrected chi connectivity index (χ0v) is 10.3. The molecule has 0 heterocycles. The predicted molar refractivity (Wildman–Crippen MR) is 66.2 cm³/mol. The van der Waals surface area contributed by atoms with Crippen LogP contribution in [0.3, 0.4) is 0 Å². The first-order valence-electron chi connectivity index (χ1n) is 5.25. The van der Waals surface area contributed by atoms with Crippen LogP contribution in [-0.2, 0) is 4.79 Å². The molecule has 0 radical (unpaired) electrons. The predicted octanol–water partition coefficient (Wildman–Crippen LogP) is 0.462. The molecule has 0 spiro atoms. The number of nitrogens with zero attached hydrogens (tertiary/aromatic N) is 3. The molecule has 0 aromatic heterocycles. The Morgan fingerprint density at radius 3 is 2.61 bits per heavy atom. The van der Waals surface area contributed by atoms with Gasteiger partial charge in [-0.2, -0.15) is 0 Å². The zero-order chi connectivity index (χ0) is 13.5. The molecule has 0 aliphatic heterocycles. The number of amides is 2. The van der Waals surface area contributed by atoms with Gasteiger partial charge in [0.1, 0.15) is 5.69 Å². The molecule has 1 aromatic rings. The highest BCUT2D eigenvalue weighted by molar-refractivity contribution is 6.00. The lowest BCUT2D eigenvalue weighted by molar-refractivity contribution is -0.117. The van der Waals surface area contributed by atoms with Crippen LogP contribution >= 0.6 is 0 Å². The van der Waals surface area contributed by atoms with E-state index in [2.05, 4.69) is 15.7 Å². The first-order chi connectivity index (χ1) is 8.50. The summed E-state index contributed by atoms with van der Waals surface area (Å²) in [6, 6.07) is 6.70. The van der Waals surface area contributed by atoms with E-state index in [1.807, 2.05) is 0 Å². The average molecular weight is 249 g/mol. The number of hydrogen-bond acceptors (Lipinski definition) is 4. The van der Waals surface area contributed by atoms with Gasteiger partial charge in [0.25, 0.3) is 5.91 Å². The van der Waals surface area contributed by atoms with Crippen LogP contribution in [0.25, 0.3) is 0 Å². The van der Waals surface area contributed by atoms with Crippen LogP contribution in [0.2, 0.25) is 0 Å². The van der Waals surface area contributed by atoms with Crippen molar-refractivity contribution in [3.63, 3.8) is 0 Å². The van der Waals surface area contributed by atoms with E-state index in [-0.39, 0.29) is 6.54 Å². The van der Waals surface area contributed by atoms with Gasteiger partial charge >= 0.3 is 0 Å². The molecular formula is C11H15N5O2. The van der Waals surface area contributed by atoms with Gasteiger partial charge in [-0.25, -0.2) is 0 Å². The van der Waals surface area contributed by atoms with E-state index in [1.54, 1.807) is 38.4 Å². The fourth-order valence-electron chi connectivity index (χ4n) is 1.15. The largest absolute Gasteiger partial charge is 0.368 e. The Hall–Kier alpha value is -2.44. The topological polar surface area (TPSA) is 100 Å². The average Bonchev–Trinajstić information content (AvgIpc) is 2.33. The lowest BCUT2D eigenvalue weighted by Crippen LogP contribution is -2.33. The zero-order valence-electron chi connectivity index (χ0n) is 10.3. The van der Waals surface area contributed by atoms with Crippen LogP contribution < -0.4 is 11.1 Å². The van der Waals surface area contributed by atoms with Crippen molar-refractivity contribution in [2.75, 3.05) is 20.6 Å². The van der Waals surface area contributed by atoms with Crippen LogP contribution in [0.4, 0.5) is 5.69 Å². The van der Waals surface area contributed by atoms with E-state index in [0.717, 1.165) is 0 Å². The van der Waals surface area contributed by atoms with Gasteiger partial charge in [0.2, 0.25) is 5.91 Å². The quantitative estimate of drug-likeness (QED) is 0.585. The highest BCUT2D eigenvalue weighted by Crippen LogP contribution is 2.18. The molecule has 0 aliphatic rings. The second-order valence-corrected chi connectivity index (χ2v) is 3.70. The van der Waals surface area contributed by atoms with Crippen molar-refractivity contribution in [3.05, 3.63) is 29.8 Å². The van der Waals surface area contributed by atoms with E-state index in [1.165, 1.54) is 5.01 Å². The summed E-state index contributed by atoms with van der Waals surface area (Å²) in [5, 5.41) is 11.7. The molecule has 0 unspecified atom stereocenters. The Morgan fingerprint density at radius 2 is 2.00 bits per heavy atom. The molecule has 1 aromatic carbocycles. The second kappa shape index (κ2) is 6.33. The van der Waals surface area contributed by atoms with Crippen molar-refractivity contribution in [2.24, 2.45) is 16.1 Å². The summed E-state index contributed by atoms with van der Waals surface area (Å²) >= 11 is 0. The van der Waals surface area contributed by atoms with Gasteiger partial charge in [0.15, 0.2) is 0 Å². The summed E-state index contributed by atoms with van der Waals surface area (Å²) in [5.74, 6) is -1.02. The van der Waals surface area contributed by atoms with Crippen LogP contribution in [-0.4, -0.2) is 37.5 Å². The molecule has 0 fully saturated rings. The smallest absolute Gasteiger partial charge is 0.253 e. The van der Waals surface area contributed by atoms with Gasteiger partial charge in [-0.05, 0) is 12.1 Å². The van der Waals surface area contributed by atoms with Crippen LogP contribution in [0.15, 0.2) is 34.6 Å². The van der Waals surface area contributed by atoms with E-state index in [4.69, 9.17) is 5.73 Å². The Balaban J connectivity index is 2.87. The third kappa shape index (κ3) is 4.20. The Labute approximate surface area is 105 Å². The number of nitrogens with two attached hydrogens (primary N) is 1. The summed E-state index contributed by atoms with van der Waals surface area (Å²) in [6.07, 6.45) is 0. The molecule has 7 nitrogen and oxygen atoms in total. The van der Waals surface area contributed by atoms with Crippen molar-refractivity contribution in [1.29, 1.82) is 0 Å². The maximum absolute atomic E-state index is 11.8. The molecule has 0 saturated heterocycles. The molecule has 1 rings (SSSR count). The van der Waals surface area contributed by atoms with Crippen molar-refractivity contribution >= 4 is 17.5 Å². The fourth-order valence-corrected chi connectivity index (χ4v) is 1.15.